The van der Waals surface area contributed by atoms with E-state index in [-0.39, 0.29) is 16.3 Å². The zero-order valence-electron chi connectivity index (χ0n) is 7.95. The van der Waals surface area contributed by atoms with Gasteiger partial charge in [0.1, 0.15) is 5.69 Å². The number of guanidine groups is 1. The highest BCUT2D eigenvalue weighted by molar-refractivity contribution is 5.93. The van der Waals surface area contributed by atoms with Crippen molar-refractivity contribution >= 4 is 17.6 Å². The second kappa shape index (κ2) is 4.26. The summed E-state index contributed by atoms with van der Waals surface area (Å²) < 4.78 is 0. The molecule has 0 aliphatic rings. The first kappa shape index (κ1) is 11.4. The highest BCUT2D eigenvalue weighted by atomic mass is 16.7. The maximum atomic E-state index is 10.6. The largest absolute Gasteiger partial charge is 0.478 e. The molecule has 4 N–H and O–H groups in total. The number of aromatic carboxylic acids is 1. The average Bonchev–Trinajstić information content (AvgIpc) is 2.16. The first-order chi connectivity index (χ1) is 7.43. The molecule has 0 aromatic heterocycles. The molecule has 16 heavy (non-hydrogen) atoms. The summed E-state index contributed by atoms with van der Waals surface area (Å²) in [5.74, 6) is -2.01. The number of anilines is 1. The van der Waals surface area contributed by atoms with Crippen molar-refractivity contribution in [3.8, 4) is 0 Å². The Hall–Kier alpha value is -2.64. The normalized spacial score (nSPS) is 9.50. The average molecular weight is 224 g/mol. The molecule has 0 aliphatic carbocycles. The Bertz CT molecular complexity index is 445. The molecule has 0 unspecified atom stereocenters. The van der Waals surface area contributed by atoms with E-state index in [1.807, 2.05) is 0 Å². The minimum Gasteiger partial charge on any atom is -0.478 e. The van der Waals surface area contributed by atoms with E-state index in [0.29, 0.717) is 0 Å². The van der Waals surface area contributed by atoms with E-state index in [2.05, 4.69) is 0 Å². The second-order valence-corrected chi connectivity index (χ2v) is 2.79. The predicted molar refractivity (Wildman–Crippen MR) is 54.8 cm³/mol. The number of nitrogens with zero attached hydrogens (tertiary/aromatic N) is 2. The van der Waals surface area contributed by atoms with E-state index in [0.717, 1.165) is 6.07 Å². The van der Waals surface area contributed by atoms with Crippen LogP contribution in [0.2, 0.25) is 0 Å². The number of rotatable bonds is 3. The highest BCUT2D eigenvalue weighted by Crippen LogP contribution is 2.15. The van der Waals surface area contributed by atoms with E-state index < -0.39 is 17.0 Å². The third-order valence-corrected chi connectivity index (χ3v) is 1.73. The quantitative estimate of drug-likeness (QED) is 0.292. The van der Waals surface area contributed by atoms with Crippen LogP contribution in [0.5, 0.6) is 0 Å². The molecule has 0 saturated carbocycles. The molecule has 0 atom stereocenters. The third-order valence-electron chi connectivity index (χ3n) is 1.73. The number of hydrogen-bond donors (Lipinski definition) is 3. The van der Waals surface area contributed by atoms with Gasteiger partial charge in [-0.15, -0.1) is 0 Å². The lowest BCUT2D eigenvalue weighted by Gasteiger charge is -2.11. The molecule has 0 amide bonds. The van der Waals surface area contributed by atoms with Gasteiger partial charge in [-0.2, -0.15) is 0 Å². The zero-order chi connectivity index (χ0) is 12.3. The molecule has 0 fully saturated rings. The van der Waals surface area contributed by atoms with Crippen LogP contribution < -0.4 is 10.7 Å². The minimum atomic E-state index is -1.21. The van der Waals surface area contributed by atoms with Crippen LogP contribution in [0.1, 0.15) is 10.4 Å². The van der Waals surface area contributed by atoms with Crippen molar-refractivity contribution in [2.45, 2.75) is 0 Å². The van der Waals surface area contributed by atoms with Gasteiger partial charge in [0.15, 0.2) is 5.03 Å². The number of hydrogen-bond acceptors (Lipinski definition) is 4. The van der Waals surface area contributed by atoms with Crippen LogP contribution in [0.25, 0.3) is 0 Å². The molecule has 0 aliphatic heterocycles. The summed E-state index contributed by atoms with van der Waals surface area (Å²) in [5, 5.41) is 25.7. The molecule has 0 radical (unpaired) electrons. The van der Waals surface area contributed by atoms with Crippen molar-refractivity contribution in [1.29, 1.82) is 5.41 Å². The highest BCUT2D eigenvalue weighted by Gasteiger charge is 2.21. The Balaban J connectivity index is 3.20. The van der Waals surface area contributed by atoms with Crippen molar-refractivity contribution in [2.75, 3.05) is 5.01 Å². The fourth-order valence-corrected chi connectivity index (χ4v) is 1.09. The Morgan fingerprint density at radius 3 is 2.62 bits per heavy atom. The van der Waals surface area contributed by atoms with Crippen LogP contribution in [0.4, 0.5) is 5.69 Å². The van der Waals surface area contributed by atoms with Gasteiger partial charge in [-0.25, -0.2) is 14.9 Å². The molecule has 0 spiro atoms. The smallest absolute Gasteiger partial charge is 0.335 e. The SMILES string of the molecule is N=C(N)N(c1cccc(C(=O)O)c1)[N+](=O)[O-]. The molecule has 1 aromatic rings. The number of carboxylic acid groups (broad SMARTS) is 1. The molecule has 1 aromatic carbocycles. The standard InChI is InChI=1S/C8H8N4O4/c9-8(10)11(12(15)16)6-3-1-2-5(4-6)7(13)14/h1-4H,(H3,9,10)(H,13,14). The van der Waals surface area contributed by atoms with Crippen LogP contribution in [0, 0.1) is 15.5 Å². The molecule has 8 nitrogen and oxygen atoms in total. The molecule has 0 saturated heterocycles. The Morgan fingerprint density at radius 2 is 2.19 bits per heavy atom. The number of carbonyl (C=O) groups is 1. The van der Waals surface area contributed by atoms with Crippen molar-refractivity contribution in [3.05, 3.63) is 39.9 Å². The summed E-state index contributed by atoms with van der Waals surface area (Å²) in [7, 11) is 0. The molecular formula is C8H8N4O4. The van der Waals surface area contributed by atoms with Gasteiger partial charge in [-0.05, 0) is 23.2 Å². The minimum absolute atomic E-state index is 0.0857. The first-order valence-corrected chi connectivity index (χ1v) is 4.05. The summed E-state index contributed by atoms with van der Waals surface area (Å²) in [6.45, 7) is 0. The van der Waals surface area contributed by atoms with E-state index in [9.17, 15) is 14.9 Å². The molecule has 8 heteroatoms. The fraction of sp³-hybridized carbons (Fsp3) is 0. The van der Waals surface area contributed by atoms with E-state index in [1.165, 1.54) is 18.2 Å². The van der Waals surface area contributed by atoms with Crippen molar-refractivity contribution < 1.29 is 14.9 Å². The number of benzene rings is 1. The van der Waals surface area contributed by atoms with Crippen LogP contribution in [-0.4, -0.2) is 22.1 Å². The lowest BCUT2D eigenvalue weighted by atomic mass is 10.2. The summed E-state index contributed by atoms with van der Waals surface area (Å²) in [4.78, 5) is 21.2. The van der Waals surface area contributed by atoms with Gasteiger partial charge >= 0.3 is 5.97 Å². The Labute approximate surface area is 89.5 Å². The number of hydrazine groups is 1. The molecule has 1 rings (SSSR count). The van der Waals surface area contributed by atoms with Gasteiger partial charge in [-0.3, -0.25) is 5.41 Å². The maximum Gasteiger partial charge on any atom is 0.335 e. The fourth-order valence-electron chi connectivity index (χ4n) is 1.09. The maximum absolute atomic E-state index is 10.6. The molecular weight excluding hydrogens is 216 g/mol. The lowest BCUT2D eigenvalue weighted by molar-refractivity contribution is -0.479. The topological polar surface area (TPSA) is 134 Å². The predicted octanol–water partition coefficient (Wildman–Crippen LogP) is 0.276. The molecule has 0 bridgehead atoms. The Kier molecular flexibility index (Phi) is 3.04. The lowest BCUT2D eigenvalue weighted by Crippen LogP contribution is -2.41. The zero-order valence-corrected chi connectivity index (χ0v) is 7.95. The number of nitrogens with one attached hydrogen (secondary N) is 1. The molecule has 84 valence electrons. The number of nitrogens with two attached hydrogens (primary N) is 1. The summed E-state index contributed by atoms with van der Waals surface area (Å²) >= 11 is 0. The van der Waals surface area contributed by atoms with E-state index >= 15 is 0 Å². The van der Waals surface area contributed by atoms with Crippen molar-refractivity contribution in [2.24, 2.45) is 5.73 Å². The van der Waals surface area contributed by atoms with Crippen LogP contribution in [-0.2, 0) is 0 Å². The van der Waals surface area contributed by atoms with Gasteiger partial charge in [0, 0.05) is 0 Å². The Morgan fingerprint density at radius 1 is 1.56 bits per heavy atom. The van der Waals surface area contributed by atoms with E-state index in [4.69, 9.17) is 16.2 Å². The van der Waals surface area contributed by atoms with Gasteiger partial charge in [-0.1, -0.05) is 6.07 Å². The van der Waals surface area contributed by atoms with Gasteiger partial charge in [0.25, 0.3) is 5.96 Å². The number of nitro groups is 1. The van der Waals surface area contributed by atoms with Crippen molar-refractivity contribution in [3.63, 3.8) is 0 Å². The van der Waals surface area contributed by atoms with E-state index in [1.54, 1.807) is 0 Å². The van der Waals surface area contributed by atoms with Gasteiger partial charge in [0.05, 0.1) is 5.56 Å². The van der Waals surface area contributed by atoms with Crippen LogP contribution in [0.3, 0.4) is 0 Å². The third kappa shape index (κ3) is 2.23. The number of carboxylic acids is 1. The summed E-state index contributed by atoms with van der Waals surface area (Å²) in [6.07, 6.45) is 0. The van der Waals surface area contributed by atoms with Crippen LogP contribution >= 0.6 is 0 Å². The van der Waals surface area contributed by atoms with Crippen molar-refractivity contribution in [1.82, 2.24) is 0 Å². The molecule has 0 heterocycles. The second-order valence-electron chi connectivity index (χ2n) is 2.79. The first-order valence-electron chi connectivity index (χ1n) is 4.05. The van der Waals surface area contributed by atoms with Gasteiger partial charge in [0.2, 0.25) is 0 Å². The summed E-state index contributed by atoms with van der Waals surface area (Å²) in [5.41, 5.74) is 4.81. The van der Waals surface area contributed by atoms with Gasteiger partial charge < -0.3 is 10.8 Å². The summed E-state index contributed by atoms with van der Waals surface area (Å²) in [6, 6.07) is 4.96. The van der Waals surface area contributed by atoms with Crippen LogP contribution in [0.15, 0.2) is 24.3 Å². The monoisotopic (exact) mass is 224 g/mol.